The highest BCUT2D eigenvalue weighted by molar-refractivity contribution is 8.13. The summed E-state index contributed by atoms with van der Waals surface area (Å²) in [6.45, 7) is 6.79. The number of unbranched alkanes of at least 4 members (excludes halogenated alkanes) is 13. The minimum atomic E-state index is 0.278. The molecule has 2 N–H and O–H groups in total. The Labute approximate surface area is 227 Å². The van der Waals surface area contributed by atoms with Crippen molar-refractivity contribution in [1.82, 2.24) is 5.32 Å². The van der Waals surface area contributed by atoms with Crippen LogP contribution in [0.1, 0.15) is 134 Å². The molecule has 0 saturated carbocycles. The molecule has 2 nitrogen and oxygen atoms in total. The van der Waals surface area contributed by atoms with Crippen LogP contribution in [0.3, 0.4) is 0 Å². The standard InChI is InChI=1S/C33H52N2S/c1-4-5-6-7-8-9-10-11-12-13-14-15-16-23-28-36-33(34-29(2)31-24-19-17-20-25-31)35-30(3)32-26-21-18-22-27-32/h17-22,24-27,29-30H,4-16,23,28H2,1-3H3,(H,34,35)/p+1/t29-,30-/m0/s1. The van der Waals surface area contributed by atoms with Gasteiger partial charge in [0.2, 0.25) is 0 Å². The Morgan fingerprint density at radius 1 is 0.639 bits per heavy atom. The van der Waals surface area contributed by atoms with Crippen LogP contribution in [0, 0.1) is 0 Å². The zero-order valence-corrected chi connectivity index (χ0v) is 24.3. The molecule has 0 aliphatic rings. The maximum absolute atomic E-state index is 3.75. The summed E-state index contributed by atoms with van der Waals surface area (Å²) >= 11 is 1.95. The van der Waals surface area contributed by atoms with E-state index in [1.54, 1.807) is 0 Å². The number of hydrogen-bond acceptors (Lipinski definition) is 1. The van der Waals surface area contributed by atoms with Gasteiger partial charge in [-0.1, -0.05) is 151 Å². The molecule has 2 aromatic rings. The van der Waals surface area contributed by atoms with E-state index >= 15 is 0 Å². The van der Waals surface area contributed by atoms with Crippen molar-refractivity contribution in [3.8, 4) is 0 Å². The number of amidine groups is 1. The molecule has 0 unspecified atom stereocenters. The van der Waals surface area contributed by atoms with Gasteiger partial charge >= 0.3 is 5.17 Å². The largest absolute Gasteiger partial charge is 0.305 e. The first-order valence-electron chi connectivity index (χ1n) is 14.8. The molecule has 0 saturated heterocycles. The SMILES string of the molecule is CCCCCCCCCCCCCCCCSC(N[C@@H](C)c1ccccc1)=[NH+][C@@H](C)c1ccccc1. The molecule has 200 valence electrons. The van der Waals surface area contributed by atoms with Gasteiger partial charge in [-0.3, -0.25) is 10.3 Å². The van der Waals surface area contributed by atoms with Gasteiger partial charge in [-0.15, -0.1) is 0 Å². The Hall–Kier alpha value is -1.74. The van der Waals surface area contributed by atoms with Crippen molar-refractivity contribution in [3.63, 3.8) is 0 Å². The zero-order valence-electron chi connectivity index (χ0n) is 23.4. The van der Waals surface area contributed by atoms with E-state index in [1.807, 2.05) is 11.8 Å². The zero-order chi connectivity index (χ0) is 25.7. The third kappa shape index (κ3) is 14.1. The van der Waals surface area contributed by atoms with Crippen LogP contribution in [-0.2, 0) is 0 Å². The molecule has 0 radical (unpaired) electrons. The van der Waals surface area contributed by atoms with Crippen molar-refractivity contribution in [2.24, 2.45) is 0 Å². The van der Waals surface area contributed by atoms with E-state index in [2.05, 4.69) is 91.7 Å². The fraction of sp³-hybridized carbons (Fsp3) is 0.606. The van der Waals surface area contributed by atoms with Gasteiger partial charge in [-0.25, -0.2) is 0 Å². The molecule has 0 fully saturated rings. The van der Waals surface area contributed by atoms with Gasteiger partial charge in [0.1, 0.15) is 12.1 Å². The molecule has 2 aromatic carbocycles. The van der Waals surface area contributed by atoms with Crippen LogP contribution in [0.2, 0.25) is 0 Å². The van der Waals surface area contributed by atoms with Crippen molar-refractivity contribution in [2.75, 3.05) is 5.75 Å². The lowest BCUT2D eigenvalue weighted by Gasteiger charge is -2.13. The first-order chi connectivity index (χ1) is 17.7. The topological polar surface area (TPSA) is 26.0 Å². The van der Waals surface area contributed by atoms with Crippen LogP contribution in [0.15, 0.2) is 60.7 Å². The summed E-state index contributed by atoms with van der Waals surface area (Å²) in [7, 11) is 0. The third-order valence-electron chi connectivity index (χ3n) is 7.04. The lowest BCUT2D eigenvalue weighted by atomic mass is 10.0. The summed E-state index contributed by atoms with van der Waals surface area (Å²) in [6.07, 6.45) is 19.7. The van der Waals surface area contributed by atoms with Gasteiger partial charge in [0, 0.05) is 5.75 Å². The second-order valence-corrected chi connectivity index (χ2v) is 11.4. The highest BCUT2D eigenvalue weighted by atomic mass is 32.2. The van der Waals surface area contributed by atoms with Crippen molar-refractivity contribution in [3.05, 3.63) is 71.8 Å². The molecule has 0 spiro atoms. The maximum Gasteiger partial charge on any atom is 0.305 e. The molecular formula is C33H53N2S+. The van der Waals surface area contributed by atoms with Gasteiger partial charge in [0.15, 0.2) is 0 Å². The number of nitrogens with one attached hydrogen (secondary N) is 2. The summed E-state index contributed by atoms with van der Waals surface area (Å²) in [5.41, 5.74) is 2.64. The Kier molecular flexibility index (Phi) is 17.2. The Morgan fingerprint density at radius 3 is 1.58 bits per heavy atom. The first kappa shape index (κ1) is 30.5. The van der Waals surface area contributed by atoms with E-state index < -0.39 is 0 Å². The highest BCUT2D eigenvalue weighted by Gasteiger charge is 2.17. The van der Waals surface area contributed by atoms with Gasteiger partial charge in [0.25, 0.3) is 0 Å². The van der Waals surface area contributed by atoms with Gasteiger partial charge in [-0.05, 0) is 43.2 Å². The number of benzene rings is 2. The lowest BCUT2D eigenvalue weighted by molar-refractivity contribution is -0.504. The molecule has 0 bridgehead atoms. The molecular weight excluding hydrogens is 456 g/mol. The minimum Gasteiger partial charge on any atom is -0.262 e. The quantitative estimate of drug-likeness (QED) is 0.112. The molecule has 2 rings (SSSR count). The summed E-state index contributed by atoms with van der Waals surface area (Å²) < 4.78 is 0. The van der Waals surface area contributed by atoms with Crippen molar-refractivity contribution in [1.29, 1.82) is 0 Å². The number of thioether (sulfide) groups is 1. The smallest absolute Gasteiger partial charge is 0.262 e. The summed E-state index contributed by atoms with van der Waals surface area (Å²) in [4.78, 5) is 3.75. The van der Waals surface area contributed by atoms with Crippen LogP contribution >= 0.6 is 11.8 Å². The third-order valence-corrected chi connectivity index (χ3v) is 8.06. The van der Waals surface area contributed by atoms with E-state index in [0.717, 1.165) is 5.75 Å². The van der Waals surface area contributed by atoms with Crippen LogP contribution in [0.25, 0.3) is 0 Å². The van der Waals surface area contributed by atoms with Crippen LogP contribution in [0.4, 0.5) is 0 Å². The van der Waals surface area contributed by atoms with Gasteiger partial charge in [0.05, 0.1) is 0 Å². The Bertz CT molecular complexity index is 790. The second-order valence-electron chi connectivity index (χ2n) is 10.3. The van der Waals surface area contributed by atoms with Crippen LogP contribution in [0.5, 0.6) is 0 Å². The van der Waals surface area contributed by atoms with E-state index in [-0.39, 0.29) is 12.1 Å². The highest BCUT2D eigenvalue weighted by Crippen LogP contribution is 2.16. The van der Waals surface area contributed by atoms with Crippen molar-refractivity contribution < 1.29 is 4.99 Å². The van der Waals surface area contributed by atoms with Crippen molar-refractivity contribution in [2.45, 2.75) is 123 Å². The van der Waals surface area contributed by atoms with Crippen molar-refractivity contribution >= 4 is 16.9 Å². The monoisotopic (exact) mass is 509 g/mol. The van der Waals surface area contributed by atoms with Gasteiger partial charge in [-0.2, -0.15) is 0 Å². The fourth-order valence-electron chi connectivity index (χ4n) is 4.64. The summed E-state index contributed by atoms with van der Waals surface area (Å²) in [6, 6.07) is 22.0. The molecule has 0 amide bonds. The summed E-state index contributed by atoms with van der Waals surface area (Å²) in [5, 5.41) is 4.94. The fourth-order valence-corrected chi connectivity index (χ4v) is 5.71. The van der Waals surface area contributed by atoms with E-state index in [4.69, 9.17) is 0 Å². The molecule has 0 aromatic heterocycles. The lowest BCUT2D eigenvalue weighted by Crippen LogP contribution is -2.76. The average molecular weight is 510 g/mol. The molecule has 3 heteroatoms. The Morgan fingerprint density at radius 2 is 1.08 bits per heavy atom. The normalized spacial score (nSPS) is 13.5. The Balaban J connectivity index is 1.64. The molecule has 0 aliphatic carbocycles. The average Bonchev–Trinajstić information content (AvgIpc) is 2.91. The van der Waals surface area contributed by atoms with Crippen LogP contribution in [-0.4, -0.2) is 10.9 Å². The molecule has 36 heavy (non-hydrogen) atoms. The molecule has 0 aliphatic heterocycles. The van der Waals surface area contributed by atoms with Crippen LogP contribution < -0.4 is 10.3 Å². The molecule has 0 heterocycles. The molecule has 2 atom stereocenters. The maximum atomic E-state index is 3.75. The van der Waals surface area contributed by atoms with E-state index in [1.165, 1.54) is 106 Å². The predicted octanol–water partition coefficient (Wildman–Crippen LogP) is 8.75. The van der Waals surface area contributed by atoms with E-state index in [9.17, 15) is 0 Å². The van der Waals surface area contributed by atoms with E-state index in [0.29, 0.717) is 0 Å². The predicted molar refractivity (Wildman–Crippen MR) is 162 cm³/mol. The van der Waals surface area contributed by atoms with Gasteiger partial charge < -0.3 is 0 Å². The summed E-state index contributed by atoms with van der Waals surface area (Å²) in [5.74, 6) is 1.16. The second kappa shape index (κ2) is 20.3. The number of rotatable bonds is 19. The first-order valence-corrected chi connectivity index (χ1v) is 15.8. The minimum absolute atomic E-state index is 0.278. The number of hydrogen-bond donors (Lipinski definition) is 2.